The Morgan fingerprint density at radius 3 is 2.94 bits per heavy atom. The summed E-state index contributed by atoms with van der Waals surface area (Å²) in [4.78, 5) is 22.0. The molecule has 1 aliphatic rings. The molecular weight excluding hydrogens is 212 g/mol. The summed E-state index contributed by atoms with van der Waals surface area (Å²) in [6.07, 6.45) is 3.07. The smallest absolute Gasteiger partial charge is 0.426 e. The topological polar surface area (TPSA) is 61.8 Å². The van der Waals surface area contributed by atoms with Crippen molar-refractivity contribution >= 4 is 12.1 Å². The van der Waals surface area contributed by atoms with Gasteiger partial charge in [-0.15, -0.1) is 0 Å². The Hall–Kier alpha value is -1.52. The number of unbranched alkanes of at least 4 members (excludes halogenated alkanes) is 2. The minimum absolute atomic E-state index is 0.0349. The van der Waals surface area contributed by atoms with Crippen molar-refractivity contribution in [1.29, 1.82) is 0 Å². The molecule has 1 unspecified atom stereocenters. The summed E-state index contributed by atoms with van der Waals surface area (Å²) in [6, 6.07) is 0. The van der Waals surface area contributed by atoms with Crippen LogP contribution in [0.1, 0.15) is 33.1 Å². The molecule has 16 heavy (non-hydrogen) atoms. The van der Waals surface area contributed by atoms with E-state index < -0.39 is 18.4 Å². The van der Waals surface area contributed by atoms with E-state index in [9.17, 15) is 9.59 Å². The van der Waals surface area contributed by atoms with Crippen molar-refractivity contribution in [1.82, 2.24) is 0 Å². The van der Waals surface area contributed by atoms with Gasteiger partial charge in [0.05, 0.1) is 0 Å². The molecule has 5 heteroatoms. The predicted molar refractivity (Wildman–Crippen MR) is 55.6 cm³/mol. The fraction of sp³-hybridized carbons (Fsp3) is 0.636. The van der Waals surface area contributed by atoms with Gasteiger partial charge in [0.1, 0.15) is 0 Å². The van der Waals surface area contributed by atoms with Gasteiger partial charge in [0.15, 0.2) is 6.61 Å². The zero-order valence-corrected chi connectivity index (χ0v) is 9.52. The Balaban J connectivity index is 2.33. The maximum atomic E-state index is 11.5. The third-order valence-corrected chi connectivity index (χ3v) is 2.13. The van der Waals surface area contributed by atoms with E-state index in [-0.39, 0.29) is 6.61 Å². The van der Waals surface area contributed by atoms with Gasteiger partial charge >= 0.3 is 12.1 Å². The second-order valence-electron chi connectivity index (χ2n) is 3.54. The molecule has 1 fully saturated rings. The molecule has 0 aliphatic carbocycles. The average Bonchev–Trinajstić information content (AvgIpc) is 2.64. The Morgan fingerprint density at radius 1 is 1.62 bits per heavy atom. The van der Waals surface area contributed by atoms with E-state index in [4.69, 9.17) is 4.74 Å². The largest absolute Gasteiger partial charge is 0.511 e. The normalized spacial score (nSPS) is 20.2. The number of allylic oxidation sites excluding steroid dienone is 1. The lowest BCUT2D eigenvalue weighted by molar-refractivity contribution is -0.157. The first-order valence-electron chi connectivity index (χ1n) is 5.34. The average molecular weight is 228 g/mol. The van der Waals surface area contributed by atoms with Crippen molar-refractivity contribution in [3.63, 3.8) is 0 Å². The van der Waals surface area contributed by atoms with Gasteiger partial charge in [-0.25, -0.2) is 9.59 Å². The van der Waals surface area contributed by atoms with Crippen molar-refractivity contribution in [2.45, 2.75) is 39.4 Å². The van der Waals surface area contributed by atoms with Crippen LogP contribution in [0.25, 0.3) is 0 Å². The molecule has 1 aliphatic heterocycles. The summed E-state index contributed by atoms with van der Waals surface area (Å²) in [6.45, 7) is 3.72. The van der Waals surface area contributed by atoms with Gasteiger partial charge < -0.3 is 14.2 Å². The zero-order chi connectivity index (χ0) is 12.0. The second kappa shape index (κ2) is 6.15. The highest BCUT2D eigenvalue weighted by atomic mass is 16.8. The minimum Gasteiger partial charge on any atom is -0.426 e. The highest BCUT2D eigenvalue weighted by molar-refractivity contribution is 5.87. The number of hydrogen-bond donors (Lipinski definition) is 0. The molecule has 1 rings (SSSR count). The van der Waals surface area contributed by atoms with Crippen LogP contribution < -0.4 is 0 Å². The summed E-state index contributed by atoms with van der Waals surface area (Å²) in [5, 5.41) is 0. The number of carbonyl (C=O) groups is 2. The van der Waals surface area contributed by atoms with Crippen LogP contribution in [0.4, 0.5) is 4.79 Å². The van der Waals surface area contributed by atoms with Crippen LogP contribution in [0, 0.1) is 0 Å². The van der Waals surface area contributed by atoms with E-state index >= 15 is 0 Å². The first kappa shape index (κ1) is 12.5. The monoisotopic (exact) mass is 228 g/mol. The Morgan fingerprint density at radius 2 is 2.38 bits per heavy atom. The lowest BCUT2D eigenvalue weighted by atomic mass is 10.2. The van der Waals surface area contributed by atoms with E-state index in [0.717, 1.165) is 19.3 Å². The summed E-state index contributed by atoms with van der Waals surface area (Å²) >= 11 is 0. The quantitative estimate of drug-likeness (QED) is 0.410. The fourth-order valence-corrected chi connectivity index (χ4v) is 1.19. The highest BCUT2D eigenvalue weighted by Crippen LogP contribution is 2.10. The number of hydrogen-bond acceptors (Lipinski definition) is 5. The van der Waals surface area contributed by atoms with Gasteiger partial charge in [-0.3, -0.25) is 0 Å². The van der Waals surface area contributed by atoms with Crippen molar-refractivity contribution in [2.24, 2.45) is 0 Å². The molecule has 0 aromatic carbocycles. The molecule has 90 valence electrons. The number of cyclic esters (lactones) is 2. The molecule has 5 nitrogen and oxygen atoms in total. The number of rotatable bonds is 5. The number of carbonyl (C=O) groups excluding carboxylic acids is 2. The zero-order valence-electron chi connectivity index (χ0n) is 9.52. The van der Waals surface area contributed by atoms with Crippen LogP contribution in [0.15, 0.2) is 11.6 Å². The lowest BCUT2D eigenvalue weighted by Gasteiger charge is -2.08. The molecule has 0 amide bonds. The molecule has 0 aromatic heterocycles. The molecular formula is C11H16O5. The third-order valence-electron chi connectivity index (χ3n) is 2.13. The van der Waals surface area contributed by atoms with Crippen molar-refractivity contribution in [3.05, 3.63) is 11.6 Å². The van der Waals surface area contributed by atoms with Gasteiger partial charge in [-0.05, 0) is 13.3 Å². The van der Waals surface area contributed by atoms with Gasteiger partial charge in [0.2, 0.25) is 0 Å². The summed E-state index contributed by atoms with van der Waals surface area (Å²) in [7, 11) is 0. The fourth-order valence-electron chi connectivity index (χ4n) is 1.19. The molecule has 1 atom stereocenters. The van der Waals surface area contributed by atoms with E-state index in [1.54, 1.807) is 6.92 Å². The Labute approximate surface area is 94.4 Å². The van der Waals surface area contributed by atoms with Gasteiger partial charge in [-0.1, -0.05) is 25.8 Å². The van der Waals surface area contributed by atoms with Gasteiger partial charge in [0.25, 0.3) is 6.29 Å². The highest BCUT2D eigenvalue weighted by Gasteiger charge is 2.28. The Kier molecular flexibility index (Phi) is 4.82. The van der Waals surface area contributed by atoms with E-state index in [1.807, 2.05) is 6.08 Å². The van der Waals surface area contributed by atoms with Gasteiger partial charge in [0, 0.05) is 5.57 Å². The summed E-state index contributed by atoms with van der Waals surface area (Å²) in [5.74, 6) is -0.473. The molecule has 0 bridgehead atoms. The molecule has 1 saturated heterocycles. The van der Waals surface area contributed by atoms with Crippen LogP contribution in [0.3, 0.4) is 0 Å². The number of esters is 1. The van der Waals surface area contributed by atoms with Crippen LogP contribution in [-0.4, -0.2) is 25.0 Å². The Bertz CT molecular complexity index is 295. The molecule has 1 heterocycles. The van der Waals surface area contributed by atoms with Crippen LogP contribution in [0.2, 0.25) is 0 Å². The lowest BCUT2D eigenvalue weighted by Crippen LogP contribution is -2.20. The SMILES string of the molecule is CCCCC=C(C)C(=O)OC1COC(=O)O1. The maximum Gasteiger partial charge on any atom is 0.511 e. The van der Waals surface area contributed by atoms with Crippen molar-refractivity contribution in [2.75, 3.05) is 6.61 Å². The summed E-state index contributed by atoms with van der Waals surface area (Å²) < 4.78 is 14.0. The van der Waals surface area contributed by atoms with E-state index in [1.165, 1.54) is 0 Å². The van der Waals surface area contributed by atoms with Crippen LogP contribution in [-0.2, 0) is 19.0 Å². The molecule has 0 saturated carbocycles. The van der Waals surface area contributed by atoms with Crippen molar-refractivity contribution < 1.29 is 23.8 Å². The van der Waals surface area contributed by atoms with Crippen LogP contribution in [0.5, 0.6) is 0 Å². The minimum atomic E-state index is -0.908. The van der Waals surface area contributed by atoms with Crippen molar-refractivity contribution in [3.8, 4) is 0 Å². The predicted octanol–water partition coefficient (Wildman–Crippen LogP) is 2.16. The van der Waals surface area contributed by atoms with Crippen LogP contribution >= 0.6 is 0 Å². The second-order valence-corrected chi connectivity index (χ2v) is 3.54. The number of ether oxygens (including phenoxy) is 3. The molecule has 0 radical (unpaired) electrons. The third kappa shape index (κ3) is 3.92. The first-order valence-corrected chi connectivity index (χ1v) is 5.34. The molecule has 0 N–H and O–H groups in total. The molecule has 0 spiro atoms. The first-order chi connectivity index (χ1) is 7.63. The summed E-state index contributed by atoms with van der Waals surface area (Å²) in [5.41, 5.74) is 0.524. The standard InChI is InChI=1S/C11H16O5/c1-3-4-5-6-8(2)10(12)15-9-7-14-11(13)16-9/h6,9H,3-5,7H2,1-2H3. The van der Waals surface area contributed by atoms with Gasteiger partial charge in [-0.2, -0.15) is 0 Å². The van der Waals surface area contributed by atoms with E-state index in [0.29, 0.717) is 5.57 Å². The van der Waals surface area contributed by atoms with E-state index in [2.05, 4.69) is 16.4 Å². The molecule has 0 aromatic rings. The maximum absolute atomic E-state index is 11.5.